The number of rotatable bonds is 4. The predicted molar refractivity (Wildman–Crippen MR) is 76.4 cm³/mol. The van der Waals surface area contributed by atoms with Gasteiger partial charge in [0.2, 0.25) is 0 Å². The Kier molecular flexibility index (Phi) is 3.99. The number of thiophene rings is 1. The van der Waals surface area contributed by atoms with Crippen LogP contribution in [0.25, 0.3) is 0 Å². The lowest BCUT2D eigenvalue weighted by atomic mass is 10.2. The van der Waals surface area contributed by atoms with Crippen molar-refractivity contribution in [1.82, 2.24) is 0 Å². The number of carbonyl (C=O) groups excluding carboxylic acids is 1. The summed E-state index contributed by atoms with van der Waals surface area (Å²) in [5.74, 6) is -0.591. The van der Waals surface area contributed by atoms with E-state index < -0.39 is 4.92 Å². The summed E-state index contributed by atoms with van der Waals surface area (Å²) in [5.41, 5.74) is 0.733. The summed E-state index contributed by atoms with van der Waals surface area (Å²) in [5, 5.41) is 24.7. The zero-order valence-electron chi connectivity index (χ0n) is 10.6. The Morgan fingerprint density at radius 3 is 2.85 bits per heavy atom. The van der Waals surface area contributed by atoms with E-state index in [1.807, 2.05) is 13.0 Å². The summed E-state index contributed by atoms with van der Waals surface area (Å²) >= 11 is 1.29. The third-order valence-corrected chi connectivity index (χ3v) is 3.73. The van der Waals surface area contributed by atoms with Crippen LogP contribution in [-0.2, 0) is 6.42 Å². The number of phenols is 1. The normalized spacial score (nSPS) is 10.2. The first-order chi connectivity index (χ1) is 9.52. The van der Waals surface area contributed by atoms with Crippen molar-refractivity contribution in [2.75, 3.05) is 5.32 Å². The van der Waals surface area contributed by atoms with Gasteiger partial charge in [0.1, 0.15) is 5.75 Å². The number of aryl methyl sites for hydroxylation is 1. The van der Waals surface area contributed by atoms with Crippen molar-refractivity contribution in [1.29, 1.82) is 0 Å². The second-order valence-electron chi connectivity index (χ2n) is 4.04. The average molecular weight is 292 g/mol. The molecule has 2 aromatic rings. The Morgan fingerprint density at radius 1 is 1.45 bits per heavy atom. The smallest absolute Gasteiger partial charge is 0.271 e. The van der Waals surface area contributed by atoms with Gasteiger partial charge in [-0.25, -0.2) is 0 Å². The van der Waals surface area contributed by atoms with Crippen LogP contribution in [0.15, 0.2) is 29.6 Å². The monoisotopic (exact) mass is 292 g/mol. The molecule has 1 aromatic heterocycles. The molecule has 7 heteroatoms. The summed E-state index contributed by atoms with van der Waals surface area (Å²) < 4.78 is 0. The Hall–Kier alpha value is -2.41. The lowest BCUT2D eigenvalue weighted by Gasteiger charge is -2.07. The number of amides is 1. The van der Waals surface area contributed by atoms with E-state index in [9.17, 15) is 20.0 Å². The standard InChI is InChI=1S/C13H12N2O4S/c1-2-8-5-6-20-12(8)13(17)14-10-7-9(15(18)19)3-4-11(10)16/h3-7,16H,2H2,1H3,(H,14,17). The molecule has 6 nitrogen and oxygen atoms in total. The quantitative estimate of drug-likeness (QED) is 0.514. The zero-order valence-corrected chi connectivity index (χ0v) is 11.4. The Labute approximate surface area is 118 Å². The van der Waals surface area contributed by atoms with Gasteiger partial charge in [0, 0.05) is 12.1 Å². The van der Waals surface area contributed by atoms with Crippen LogP contribution in [0.4, 0.5) is 11.4 Å². The number of aromatic hydroxyl groups is 1. The molecule has 0 aliphatic heterocycles. The van der Waals surface area contributed by atoms with Crippen LogP contribution >= 0.6 is 11.3 Å². The number of nitrogens with zero attached hydrogens (tertiary/aromatic N) is 1. The fourth-order valence-electron chi connectivity index (χ4n) is 1.73. The number of hydrogen-bond donors (Lipinski definition) is 2. The molecule has 20 heavy (non-hydrogen) atoms. The van der Waals surface area contributed by atoms with E-state index in [1.54, 1.807) is 5.38 Å². The summed E-state index contributed by atoms with van der Waals surface area (Å²) in [6.45, 7) is 1.93. The van der Waals surface area contributed by atoms with Crippen molar-refractivity contribution in [3.63, 3.8) is 0 Å². The number of non-ortho nitro benzene ring substituents is 1. The number of carbonyl (C=O) groups is 1. The van der Waals surface area contributed by atoms with Crippen LogP contribution in [0.2, 0.25) is 0 Å². The fourth-order valence-corrected chi connectivity index (χ4v) is 2.62. The van der Waals surface area contributed by atoms with Gasteiger partial charge in [-0.05, 0) is 29.5 Å². The molecule has 0 atom stereocenters. The van der Waals surface area contributed by atoms with Crippen molar-refractivity contribution in [3.8, 4) is 5.75 Å². The number of phenolic OH excluding ortho intramolecular Hbond substituents is 1. The minimum absolute atomic E-state index is 0.0275. The van der Waals surface area contributed by atoms with E-state index in [1.165, 1.54) is 23.5 Å². The second-order valence-corrected chi connectivity index (χ2v) is 4.96. The molecule has 2 rings (SSSR count). The molecule has 2 N–H and O–H groups in total. The molecule has 0 bridgehead atoms. The highest BCUT2D eigenvalue weighted by Crippen LogP contribution is 2.29. The first-order valence-electron chi connectivity index (χ1n) is 5.88. The molecule has 0 aliphatic rings. The highest BCUT2D eigenvalue weighted by atomic mass is 32.1. The van der Waals surface area contributed by atoms with Gasteiger partial charge in [-0.15, -0.1) is 11.3 Å². The molecule has 104 valence electrons. The molecule has 0 unspecified atom stereocenters. The van der Waals surface area contributed by atoms with Gasteiger partial charge in [-0.1, -0.05) is 6.92 Å². The first kappa shape index (κ1) is 14.0. The number of nitrogens with one attached hydrogen (secondary N) is 1. The second kappa shape index (κ2) is 5.70. The molecule has 0 saturated heterocycles. The maximum Gasteiger partial charge on any atom is 0.271 e. The molecule has 1 aromatic carbocycles. The molecular formula is C13H12N2O4S. The van der Waals surface area contributed by atoms with E-state index in [4.69, 9.17) is 0 Å². The zero-order chi connectivity index (χ0) is 14.7. The molecular weight excluding hydrogens is 280 g/mol. The number of benzene rings is 1. The highest BCUT2D eigenvalue weighted by Gasteiger charge is 2.16. The van der Waals surface area contributed by atoms with Crippen LogP contribution in [0.3, 0.4) is 0 Å². The van der Waals surface area contributed by atoms with E-state index >= 15 is 0 Å². The van der Waals surface area contributed by atoms with Crippen molar-refractivity contribution >= 4 is 28.6 Å². The van der Waals surface area contributed by atoms with Crippen LogP contribution in [-0.4, -0.2) is 15.9 Å². The average Bonchev–Trinajstić information content (AvgIpc) is 2.89. The van der Waals surface area contributed by atoms with Crippen LogP contribution in [0.5, 0.6) is 5.75 Å². The Balaban J connectivity index is 2.28. The van der Waals surface area contributed by atoms with Crippen molar-refractivity contribution < 1.29 is 14.8 Å². The molecule has 1 heterocycles. The predicted octanol–water partition coefficient (Wildman–Crippen LogP) is 3.18. The SMILES string of the molecule is CCc1ccsc1C(=O)Nc1cc([N+](=O)[O-])ccc1O. The molecule has 0 fully saturated rings. The van der Waals surface area contributed by atoms with E-state index in [2.05, 4.69) is 5.32 Å². The maximum absolute atomic E-state index is 12.1. The van der Waals surface area contributed by atoms with Gasteiger partial charge in [0.05, 0.1) is 15.5 Å². The van der Waals surface area contributed by atoms with Crippen molar-refractivity contribution in [3.05, 3.63) is 50.2 Å². The lowest BCUT2D eigenvalue weighted by molar-refractivity contribution is -0.384. The van der Waals surface area contributed by atoms with E-state index in [0.717, 1.165) is 11.6 Å². The summed E-state index contributed by atoms with van der Waals surface area (Å²) in [6.07, 6.45) is 0.715. The minimum atomic E-state index is -0.586. The highest BCUT2D eigenvalue weighted by molar-refractivity contribution is 7.12. The topological polar surface area (TPSA) is 92.5 Å². The third-order valence-electron chi connectivity index (χ3n) is 2.77. The largest absolute Gasteiger partial charge is 0.506 e. The van der Waals surface area contributed by atoms with Gasteiger partial charge in [-0.2, -0.15) is 0 Å². The first-order valence-corrected chi connectivity index (χ1v) is 6.76. The van der Waals surface area contributed by atoms with Gasteiger partial charge in [0.15, 0.2) is 0 Å². The number of hydrogen-bond acceptors (Lipinski definition) is 5. The van der Waals surface area contributed by atoms with Crippen molar-refractivity contribution in [2.45, 2.75) is 13.3 Å². The van der Waals surface area contributed by atoms with E-state index in [0.29, 0.717) is 11.3 Å². The molecule has 0 saturated carbocycles. The van der Waals surface area contributed by atoms with Crippen LogP contribution in [0, 0.1) is 10.1 Å². The molecule has 1 amide bonds. The van der Waals surface area contributed by atoms with Gasteiger partial charge in [0.25, 0.3) is 11.6 Å². The molecule has 0 aliphatic carbocycles. The molecule has 0 radical (unpaired) electrons. The Morgan fingerprint density at radius 2 is 2.20 bits per heavy atom. The summed E-state index contributed by atoms with van der Waals surface area (Å²) in [4.78, 5) is 22.8. The fraction of sp³-hybridized carbons (Fsp3) is 0.154. The van der Waals surface area contributed by atoms with Gasteiger partial charge >= 0.3 is 0 Å². The third kappa shape index (κ3) is 2.77. The molecule has 0 spiro atoms. The number of nitro benzene ring substituents is 1. The van der Waals surface area contributed by atoms with E-state index in [-0.39, 0.29) is 23.0 Å². The maximum atomic E-state index is 12.1. The van der Waals surface area contributed by atoms with Crippen LogP contribution < -0.4 is 5.32 Å². The number of anilines is 1. The Bertz CT molecular complexity index is 666. The lowest BCUT2D eigenvalue weighted by Crippen LogP contribution is -2.12. The summed E-state index contributed by atoms with van der Waals surface area (Å²) in [6, 6.07) is 5.34. The summed E-state index contributed by atoms with van der Waals surface area (Å²) in [7, 11) is 0. The van der Waals surface area contributed by atoms with Gasteiger partial charge < -0.3 is 10.4 Å². The van der Waals surface area contributed by atoms with Gasteiger partial charge in [-0.3, -0.25) is 14.9 Å². The number of nitro groups is 1. The minimum Gasteiger partial charge on any atom is -0.506 e. The van der Waals surface area contributed by atoms with Crippen LogP contribution in [0.1, 0.15) is 22.2 Å². The van der Waals surface area contributed by atoms with Crippen molar-refractivity contribution in [2.24, 2.45) is 0 Å².